The zero-order valence-corrected chi connectivity index (χ0v) is 11.3. The van der Waals surface area contributed by atoms with E-state index in [0.717, 1.165) is 38.8 Å². The largest absolute Gasteiger partial charge is 0.481 e. The van der Waals surface area contributed by atoms with Gasteiger partial charge in [-0.05, 0) is 39.8 Å². The fraction of sp³-hybridized carbons (Fsp3) is 0.923. The summed E-state index contributed by atoms with van der Waals surface area (Å²) in [6.45, 7) is 10.6. The summed E-state index contributed by atoms with van der Waals surface area (Å²) in [6.07, 6.45) is 4.63. The highest BCUT2D eigenvalue weighted by Crippen LogP contribution is 2.18. The maximum Gasteiger partial charge on any atom is 0.310 e. The van der Waals surface area contributed by atoms with Gasteiger partial charge in [0, 0.05) is 6.54 Å². The Kier molecular flexibility index (Phi) is 7.39. The Morgan fingerprint density at radius 2 is 1.56 bits per heavy atom. The summed E-state index contributed by atoms with van der Waals surface area (Å²) < 4.78 is 0. The van der Waals surface area contributed by atoms with Gasteiger partial charge in [-0.3, -0.25) is 4.79 Å². The molecule has 0 saturated carbocycles. The zero-order valence-electron chi connectivity index (χ0n) is 11.3. The smallest absolute Gasteiger partial charge is 0.310 e. The Hall–Kier alpha value is -0.570. The Morgan fingerprint density at radius 3 is 1.88 bits per heavy atom. The van der Waals surface area contributed by atoms with Crippen LogP contribution in [0.5, 0.6) is 0 Å². The summed E-state index contributed by atoms with van der Waals surface area (Å²) in [7, 11) is 0. The van der Waals surface area contributed by atoms with Gasteiger partial charge in [0.1, 0.15) is 0 Å². The second kappa shape index (κ2) is 7.66. The molecular formula is C13H27NO2. The molecule has 3 nitrogen and oxygen atoms in total. The minimum absolute atomic E-state index is 0.637. The van der Waals surface area contributed by atoms with Gasteiger partial charge in [0.2, 0.25) is 0 Å². The van der Waals surface area contributed by atoms with Crippen LogP contribution in [0.15, 0.2) is 0 Å². The lowest BCUT2D eigenvalue weighted by Gasteiger charge is -2.29. The van der Waals surface area contributed by atoms with Crippen LogP contribution in [0.25, 0.3) is 0 Å². The van der Waals surface area contributed by atoms with Gasteiger partial charge in [-0.15, -0.1) is 0 Å². The van der Waals surface area contributed by atoms with Crippen molar-refractivity contribution in [3.8, 4) is 0 Å². The second-order valence-corrected chi connectivity index (χ2v) is 5.17. The van der Waals surface area contributed by atoms with Crippen LogP contribution in [-0.4, -0.2) is 35.6 Å². The van der Waals surface area contributed by atoms with Gasteiger partial charge in [0.15, 0.2) is 0 Å². The molecule has 3 heteroatoms. The topological polar surface area (TPSA) is 40.5 Å². The lowest BCUT2D eigenvalue weighted by molar-refractivity contribution is -0.148. The van der Waals surface area contributed by atoms with E-state index in [1.165, 1.54) is 0 Å². The highest BCUT2D eigenvalue weighted by Gasteiger charge is 2.29. The van der Waals surface area contributed by atoms with E-state index in [1.807, 2.05) is 0 Å². The summed E-state index contributed by atoms with van der Waals surface area (Å²) in [5.41, 5.74) is -0.637. The number of hydrogen-bond acceptors (Lipinski definition) is 2. The third-order valence-electron chi connectivity index (χ3n) is 2.85. The van der Waals surface area contributed by atoms with Crippen molar-refractivity contribution in [3.05, 3.63) is 0 Å². The van der Waals surface area contributed by atoms with Crippen molar-refractivity contribution in [1.29, 1.82) is 0 Å². The highest BCUT2D eigenvalue weighted by molar-refractivity contribution is 5.73. The molecule has 0 spiro atoms. The van der Waals surface area contributed by atoms with Gasteiger partial charge < -0.3 is 10.0 Å². The molecule has 0 amide bonds. The van der Waals surface area contributed by atoms with E-state index in [2.05, 4.69) is 18.7 Å². The van der Waals surface area contributed by atoms with Crippen LogP contribution in [0.1, 0.15) is 53.4 Å². The van der Waals surface area contributed by atoms with Crippen molar-refractivity contribution in [2.45, 2.75) is 53.4 Å². The van der Waals surface area contributed by atoms with E-state index in [0.29, 0.717) is 6.54 Å². The van der Waals surface area contributed by atoms with Crippen LogP contribution in [0.3, 0.4) is 0 Å². The SMILES string of the molecule is CCCCN(CCCC)CC(C)(C)C(=O)O. The molecule has 0 saturated heterocycles. The Labute approximate surface area is 99.8 Å². The molecule has 96 valence electrons. The average Bonchev–Trinajstić information content (AvgIpc) is 2.21. The van der Waals surface area contributed by atoms with Crippen LogP contribution in [0, 0.1) is 5.41 Å². The summed E-state index contributed by atoms with van der Waals surface area (Å²) in [4.78, 5) is 13.4. The Bertz CT molecular complexity index is 194. The molecule has 1 N–H and O–H groups in total. The molecule has 0 aliphatic rings. The van der Waals surface area contributed by atoms with Crippen LogP contribution >= 0.6 is 0 Å². The second-order valence-electron chi connectivity index (χ2n) is 5.17. The minimum Gasteiger partial charge on any atom is -0.481 e. The number of rotatable bonds is 9. The fourth-order valence-corrected chi connectivity index (χ4v) is 1.66. The number of carbonyl (C=O) groups is 1. The van der Waals surface area contributed by atoms with Gasteiger partial charge in [-0.25, -0.2) is 0 Å². The highest BCUT2D eigenvalue weighted by atomic mass is 16.4. The molecule has 0 aliphatic heterocycles. The first-order valence-corrected chi connectivity index (χ1v) is 6.39. The third kappa shape index (κ3) is 6.11. The average molecular weight is 229 g/mol. The molecule has 0 fully saturated rings. The summed E-state index contributed by atoms with van der Waals surface area (Å²) in [5, 5.41) is 9.11. The van der Waals surface area contributed by atoms with Gasteiger partial charge >= 0.3 is 5.97 Å². The number of hydrogen-bond donors (Lipinski definition) is 1. The lowest BCUT2D eigenvalue weighted by Crippen LogP contribution is -2.40. The molecule has 0 aromatic heterocycles. The van der Waals surface area contributed by atoms with E-state index in [4.69, 9.17) is 5.11 Å². The maximum absolute atomic E-state index is 11.1. The summed E-state index contributed by atoms with van der Waals surface area (Å²) in [5.74, 6) is -0.703. The molecule has 0 aromatic carbocycles. The number of aliphatic carboxylic acids is 1. The van der Waals surface area contributed by atoms with Crippen molar-refractivity contribution in [2.24, 2.45) is 5.41 Å². The quantitative estimate of drug-likeness (QED) is 0.660. The Balaban J connectivity index is 4.22. The van der Waals surface area contributed by atoms with E-state index < -0.39 is 11.4 Å². The molecule has 0 radical (unpaired) electrons. The first-order chi connectivity index (χ1) is 7.44. The molecule has 0 aromatic rings. The minimum atomic E-state index is -0.703. The lowest BCUT2D eigenvalue weighted by atomic mass is 9.93. The molecule has 0 unspecified atom stereocenters. The van der Waals surface area contributed by atoms with E-state index in [1.54, 1.807) is 13.8 Å². The molecule has 0 rings (SSSR count). The van der Waals surface area contributed by atoms with Crippen LogP contribution in [0.4, 0.5) is 0 Å². The van der Waals surface area contributed by atoms with E-state index in [9.17, 15) is 4.79 Å². The molecule has 0 bridgehead atoms. The molecule has 0 atom stereocenters. The molecule has 0 aliphatic carbocycles. The van der Waals surface area contributed by atoms with Gasteiger partial charge in [-0.1, -0.05) is 26.7 Å². The van der Waals surface area contributed by atoms with Crippen molar-refractivity contribution >= 4 is 5.97 Å². The van der Waals surface area contributed by atoms with E-state index in [-0.39, 0.29) is 0 Å². The predicted molar refractivity (Wildman–Crippen MR) is 67.7 cm³/mol. The predicted octanol–water partition coefficient (Wildman–Crippen LogP) is 3.00. The van der Waals surface area contributed by atoms with Gasteiger partial charge in [-0.2, -0.15) is 0 Å². The van der Waals surface area contributed by atoms with Crippen molar-refractivity contribution in [3.63, 3.8) is 0 Å². The summed E-state index contributed by atoms with van der Waals surface area (Å²) in [6, 6.07) is 0. The van der Waals surface area contributed by atoms with Crippen molar-refractivity contribution < 1.29 is 9.90 Å². The van der Waals surface area contributed by atoms with E-state index >= 15 is 0 Å². The van der Waals surface area contributed by atoms with Crippen LogP contribution in [0.2, 0.25) is 0 Å². The fourth-order valence-electron chi connectivity index (χ4n) is 1.66. The number of carboxylic acid groups (broad SMARTS) is 1. The number of unbranched alkanes of at least 4 members (excludes halogenated alkanes) is 2. The van der Waals surface area contributed by atoms with Crippen molar-refractivity contribution in [2.75, 3.05) is 19.6 Å². The van der Waals surface area contributed by atoms with Crippen LogP contribution < -0.4 is 0 Å². The van der Waals surface area contributed by atoms with Crippen molar-refractivity contribution in [1.82, 2.24) is 4.90 Å². The first-order valence-electron chi connectivity index (χ1n) is 6.39. The zero-order chi connectivity index (χ0) is 12.6. The molecule has 16 heavy (non-hydrogen) atoms. The number of nitrogens with zero attached hydrogens (tertiary/aromatic N) is 1. The van der Waals surface area contributed by atoms with Gasteiger partial charge in [0.05, 0.1) is 5.41 Å². The maximum atomic E-state index is 11.1. The summed E-state index contributed by atoms with van der Waals surface area (Å²) >= 11 is 0. The first kappa shape index (κ1) is 15.4. The molecule has 0 heterocycles. The normalized spacial score (nSPS) is 12.1. The third-order valence-corrected chi connectivity index (χ3v) is 2.85. The van der Waals surface area contributed by atoms with Crippen LogP contribution in [-0.2, 0) is 4.79 Å². The Morgan fingerprint density at radius 1 is 1.12 bits per heavy atom. The number of carboxylic acids is 1. The van der Waals surface area contributed by atoms with Gasteiger partial charge in [0.25, 0.3) is 0 Å². The standard InChI is InChI=1S/C13H27NO2/c1-5-7-9-14(10-8-6-2)11-13(3,4)12(15)16/h5-11H2,1-4H3,(H,15,16). The molecular weight excluding hydrogens is 202 g/mol. The monoisotopic (exact) mass is 229 g/mol.